The lowest BCUT2D eigenvalue weighted by atomic mass is 10.7. The Balaban J connectivity index is 0.000000180. The molecule has 0 aliphatic carbocycles. The van der Waals surface area contributed by atoms with E-state index in [-0.39, 0.29) is 5.91 Å². The molecule has 0 aromatic heterocycles. The molecule has 0 aromatic carbocycles. The van der Waals surface area contributed by atoms with Gasteiger partial charge in [0.1, 0.15) is 0 Å². The summed E-state index contributed by atoms with van der Waals surface area (Å²) in [4.78, 5) is 22.3. The number of nitrogens with zero attached hydrogens (tertiary/aromatic N) is 1. The predicted octanol–water partition coefficient (Wildman–Crippen LogP) is -0.765. The molecule has 0 unspecified atom stereocenters. The van der Waals surface area contributed by atoms with E-state index in [0.29, 0.717) is 6.54 Å². The van der Waals surface area contributed by atoms with Gasteiger partial charge in [0, 0.05) is 6.92 Å². The first kappa shape index (κ1) is 8.61. The number of amides is 1. The summed E-state index contributed by atoms with van der Waals surface area (Å²) in [5, 5.41) is 10.0. The number of carbonyl (C=O) groups excluding carboxylic acids is 1. The fraction of sp³-hybridized carbons (Fsp3) is 0.400. The molecule has 0 fully saturated rings. The van der Waals surface area contributed by atoms with Crippen LogP contribution in [0.2, 0.25) is 0 Å². The van der Waals surface area contributed by atoms with E-state index >= 15 is 0 Å². The first-order chi connectivity index (χ1) is 4.63. The molecule has 0 saturated heterocycles. The van der Waals surface area contributed by atoms with Crippen LogP contribution in [0.1, 0.15) is 6.92 Å². The standard InChI is InChI=1S/C3H4N2O.C2H4O2/c6-3-1-4-2-5-3;1-2(3)4/h2H,1H2,(H,4,5,6);1H3,(H,3,4). The van der Waals surface area contributed by atoms with E-state index in [9.17, 15) is 4.79 Å². The van der Waals surface area contributed by atoms with Crippen LogP contribution in [0.3, 0.4) is 0 Å². The van der Waals surface area contributed by atoms with E-state index in [1.165, 1.54) is 6.34 Å². The van der Waals surface area contributed by atoms with E-state index in [1.54, 1.807) is 0 Å². The number of aliphatic carboxylic acids is 1. The Hall–Kier alpha value is -1.39. The monoisotopic (exact) mass is 144 g/mol. The smallest absolute Gasteiger partial charge is 0.300 e. The highest BCUT2D eigenvalue weighted by Gasteiger charge is 1.98. The number of carbonyl (C=O) groups is 2. The van der Waals surface area contributed by atoms with Gasteiger partial charge in [0.2, 0.25) is 0 Å². The second-order valence-electron chi connectivity index (χ2n) is 1.55. The Morgan fingerprint density at radius 1 is 1.90 bits per heavy atom. The summed E-state index contributed by atoms with van der Waals surface area (Å²) in [5.74, 6) is -0.921. The molecule has 5 nitrogen and oxygen atoms in total. The van der Waals surface area contributed by atoms with Crippen molar-refractivity contribution in [2.45, 2.75) is 6.92 Å². The molecule has 0 radical (unpaired) electrons. The zero-order valence-corrected chi connectivity index (χ0v) is 5.50. The summed E-state index contributed by atoms with van der Waals surface area (Å²) in [7, 11) is 0. The largest absolute Gasteiger partial charge is 0.481 e. The van der Waals surface area contributed by atoms with Gasteiger partial charge in [0.05, 0.1) is 12.9 Å². The Bertz CT molecular complexity index is 160. The van der Waals surface area contributed by atoms with E-state index in [1.807, 2.05) is 0 Å². The van der Waals surface area contributed by atoms with Crippen molar-refractivity contribution in [2.24, 2.45) is 4.99 Å². The number of hydrogen-bond donors (Lipinski definition) is 2. The Morgan fingerprint density at radius 2 is 2.40 bits per heavy atom. The first-order valence-corrected chi connectivity index (χ1v) is 2.61. The third-order valence-electron chi connectivity index (χ3n) is 0.553. The number of nitrogens with one attached hydrogen (secondary N) is 1. The van der Waals surface area contributed by atoms with Crippen molar-refractivity contribution >= 4 is 18.2 Å². The summed E-state index contributed by atoms with van der Waals surface area (Å²) in [6, 6.07) is 0. The molecule has 56 valence electrons. The highest BCUT2D eigenvalue weighted by molar-refractivity contribution is 5.91. The first-order valence-electron chi connectivity index (χ1n) is 2.61. The van der Waals surface area contributed by atoms with Gasteiger partial charge >= 0.3 is 0 Å². The van der Waals surface area contributed by atoms with Crippen LogP contribution in [0.4, 0.5) is 0 Å². The van der Waals surface area contributed by atoms with Crippen LogP contribution in [0.5, 0.6) is 0 Å². The fourth-order valence-corrected chi connectivity index (χ4v) is 0.296. The fourth-order valence-electron chi connectivity index (χ4n) is 0.296. The van der Waals surface area contributed by atoms with Gasteiger partial charge in [-0.25, -0.2) is 4.99 Å². The quantitative estimate of drug-likeness (QED) is 0.468. The summed E-state index contributed by atoms with van der Waals surface area (Å²) in [5.41, 5.74) is 0. The van der Waals surface area contributed by atoms with E-state index in [0.717, 1.165) is 6.92 Å². The highest BCUT2D eigenvalue weighted by Crippen LogP contribution is 1.74. The minimum Gasteiger partial charge on any atom is -0.481 e. The summed E-state index contributed by atoms with van der Waals surface area (Å²) in [6.45, 7) is 1.46. The summed E-state index contributed by atoms with van der Waals surface area (Å²) >= 11 is 0. The lowest BCUT2D eigenvalue weighted by Gasteiger charge is -1.74. The Morgan fingerprint density at radius 3 is 2.50 bits per heavy atom. The van der Waals surface area contributed by atoms with Crippen molar-refractivity contribution < 1.29 is 14.7 Å². The topological polar surface area (TPSA) is 78.8 Å². The summed E-state index contributed by atoms with van der Waals surface area (Å²) in [6.07, 6.45) is 1.41. The molecule has 0 saturated carbocycles. The van der Waals surface area contributed by atoms with Crippen LogP contribution in [0, 0.1) is 0 Å². The van der Waals surface area contributed by atoms with Crippen LogP contribution >= 0.6 is 0 Å². The molecule has 1 rings (SSSR count). The maximum atomic E-state index is 9.98. The van der Waals surface area contributed by atoms with Gasteiger partial charge in [-0.1, -0.05) is 0 Å². The van der Waals surface area contributed by atoms with E-state index in [4.69, 9.17) is 9.90 Å². The average Bonchev–Trinajstić information content (AvgIpc) is 2.15. The molecular formula is C5H8N2O3. The van der Waals surface area contributed by atoms with Crippen molar-refractivity contribution in [2.75, 3.05) is 6.54 Å². The normalized spacial score (nSPS) is 13.5. The molecule has 0 bridgehead atoms. The molecule has 0 aromatic rings. The predicted molar refractivity (Wildman–Crippen MR) is 34.8 cm³/mol. The highest BCUT2D eigenvalue weighted by atomic mass is 16.4. The van der Waals surface area contributed by atoms with E-state index in [2.05, 4.69) is 10.3 Å². The molecule has 2 N–H and O–H groups in total. The lowest BCUT2D eigenvalue weighted by molar-refractivity contribution is -0.134. The third kappa shape index (κ3) is 6.61. The molecule has 0 spiro atoms. The number of rotatable bonds is 0. The molecule has 1 aliphatic heterocycles. The second kappa shape index (κ2) is 4.49. The van der Waals surface area contributed by atoms with Crippen LogP contribution in [-0.4, -0.2) is 29.9 Å². The molecular weight excluding hydrogens is 136 g/mol. The van der Waals surface area contributed by atoms with Gasteiger partial charge < -0.3 is 10.4 Å². The molecule has 5 heteroatoms. The van der Waals surface area contributed by atoms with Gasteiger partial charge in [-0.3, -0.25) is 9.59 Å². The van der Waals surface area contributed by atoms with Gasteiger partial charge in [-0.05, 0) is 0 Å². The van der Waals surface area contributed by atoms with Crippen molar-refractivity contribution in [3.8, 4) is 0 Å². The maximum absolute atomic E-state index is 9.98. The minimum absolute atomic E-state index is 0.0880. The van der Waals surface area contributed by atoms with Gasteiger partial charge in [0.15, 0.2) is 0 Å². The number of carboxylic acid groups (broad SMARTS) is 1. The van der Waals surface area contributed by atoms with Crippen LogP contribution in [-0.2, 0) is 9.59 Å². The molecule has 1 aliphatic rings. The zero-order chi connectivity index (χ0) is 7.98. The van der Waals surface area contributed by atoms with Crippen molar-refractivity contribution in [1.29, 1.82) is 0 Å². The minimum atomic E-state index is -0.833. The van der Waals surface area contributed by atoms with Gasteiger partial charge in [-0.15, -0.1) is 0 Å². The molecule has 1 heterocycles. The van der Waals surface area contributed by atoms with Crippen molar-refractivity contribution in [3.05, 3.63) is 0 Å². The Labute approximate surface area is 57.8 Å². The van der Waals surface area contributed by atoms with Crippen LogP contribution in [0.25, 0.3) is 0 Å². The number of carboxylic acids is 1. The maximum Gasteiger partial charge on any atom is 0.300 e. The van der Waals surface area contributed by atoms with Crippen molar-refractivity contribution in [3.63, 3.8) is 0 Å². The van der Waals surface area contributed by atoms with Crippen LogP contribution in [0.15, 0.2) is 4.99 Å². The molecule has 10 heavy (non-hydrogen) atoms. The van der Waals surface area contributed by atoms with Crippen LogP contribution < -0.4 is 5.32 Å². The van der Waals surface area contributed by atoms with Crippen molar-refractivity contribution in [1.82, 2.24) is 5.32 Å². The Kier molecular flexibility index (Phi) is 3.86. The number of aliphatic imine (C=N–C) groups is 1. The third-order valence-corrected chi connectivity index (χ3v) is 0.553. The molecule has 1 amide bonds. The SMILES string of the molecule is CC(=O)O.O=C1CNC=N1. The zero-order valence-electron chi connectivity index (χ0n) is 5.50. The summed E-state index contributed by atoms with van der Waals surface area (Å²) < 4.78 is 0. The lowest BCUT2D eigenvalue weighted by Crippen LogP contribution is -2.09. The van der Waals surface area contributed by atoms with Gasteiger partial charge in [-0.2, -0.15) is 0 Å². The van der Waals surface area contributed by atoms with Gasteiger partial charge in [0.25, 0.3) is 11.9 Å². The second-order valence-corrected chi connectivity index (χ2v) is 1.55. The van der Waals surface area contributed by atoms with E-state index < -0.39 is 5.97 Å². The number of hydrogen-bond acceptors (Lipinski definition) is 3. The molecule has 0 atom stereocenters. The average molecular weight is 144 g/mol.